The highest BCUT2D eigenvalue weighted by molar-refractivity contribution is 5.10. The normalized spacial score (nSPS) is 24.9. The number of hydrogen-bond donors (Lipinski definition) is 1. The van der Waals surface area contributed by atoms with Gasteiger partial charge in [-0.25, -0.2) is 0 Å². The summed E-state index contributed by atoms with van der Waals surface area (Å²) in [5.74, 6) is 0. The molecule has 1 aromatic heterocycles. The zero-order valence-electron chi connectivity index (χ0n) is 12.1. The van der Waals surface area contributed by atoms with Crippen LogP contribution in [0, 0.1) is 5.41 Å². The fourth-order valence-electron chi connectivity index (χ4n) is 4.10. The average molecular weight is 262 g/mol. The van der Waals surface area contributed by atoms with Crippen molar-refractivity contribution in [3.05, 3.63) is 18.0 Å². The topological polar surface area (TPSA) is 38.0 Å². The van der Waals surface area contributed by atoms with E-state index in [1.54, 1.807) is 0 Å². The van der Waals surface area contributed by atoms with Crippen molar-refractivity contribution in [1.29, 1.82) is 0 Å². The van der Waals surface area contributed by atoms with Gasteiger partial charge in [0.05, 0.1) is 11.8 Å². The quantitative estimate of drug-likeness (QED) is 0.907. The van der Waals surface area contributed by atoms with E-state index in [0.29, 0.717) is 5.41 Å². The van der Waals surface area contributed by atoms with Crippen LogP contribution < -0.4 is 0 Å². The molecule has 0 amide bonds. The highest BCUT2D eigenvalue weighted by atomic mass is 16.3. The minimum atomic E-state index is -0.477. The van der Waals surface area contributed by atoms with Crippen LogP contribution in [0.2, 0.25) is 0 Å². The highest BCUT2D eigenvalue weighted by Crippen LogP contribution is 2.51. The Balaban J connectivity index is 1.62. The van der Waals surface area contributed by atoms with E-state index in [1.165, 1.54) is 44.1 Å². The Bertz CT molecular complexity index is 422. The summed E-state index contributed by atoms with van der Waals surface area (Å²) in [5, 5.41) is 15.1. The lowest BCUT2D eigenvalue weighted by Gasteiger charge is -2.42. The molecule has 3 heteroatoms. The van der Waals surface area contributed by atoms with Crippen LogP contribution in [0.15, 0.2) is 12.4 Å². The standard InChI is InChI=1S/C16H26N2O/c1-2-18-13-14(12-17-18)11-16(19)9-7-15(8-10-16)5-3-4-6-15/h12-13,19H,2-11H2,1H3. The zero-order valence-corrected chi connectivity index (χ0v) is 12.1. The van der Waals surface area contributed by atoms with Crippen LogP contribution in [0.1, 0.15) is 63.9 Å². The van der Waals surface area contributed by atoms with Gasteiger partial charge in [0, 0.05) is 19.2 Å². The maximum Gasteiger partial charge on any atom is 0.0689 e. The molecule has 1 N–H and O–H groups in total. The molecular weight excluding hydrogens is 236 g/mol. The monoisotopic (exact) mass is 262 g/mol. The van der Waals surface area contributed by atoms with Gasteiger partial charge in [-0.05, 0) is 56.4 Å². The largest absolute Gasteiger partial charge is 0.390 e. The van der Waals surface area contributed by atoms with E-state index in [-0.39, 0.29) is 0 Å². The number of aryl methyl sites for hydroxylation is 1. The number of aromatic nitrogens is 2. The molecule has 0 radical (unpaired) electrons. The van der Waals surface area contributed by atoms with Crippen LogP contribution in [0.4, 0.5) is 0 Å². The zero-order chi connectivity index (χ0) is 13.3. The van der Waals surface area contributed by atoms with Crippen molar-refractivity contribution in [2.24, 2.45) is 5.41 Å². The molecule has 0 atom stereocenters. The Kier molecular flexibility index (Phi) is 3.42. The molecule has 1 spiro atoms. The lowest BCUT2D eigenvalue weighted by Crippen LogP contribution is -2.39. The summed E-state index contributed by atoms with van der Waals surface area (Å²) in [6.07, 6.45) is 14.8. The van der Waals surface area contributed by atoms with Crippen molar-refractivity contribution in [3.8, 4) is 0 Å². The molecule has 2 aliphatic carbocycles. The van der Waals surface area contributed by atoms with Crippen molar-refractivity contribution >= 4 is 0 Å². The molecule has 0 aliphatic heterocycles. The molecule has 19 heavy (non-hydrogen) atoms. The van der Waals surface area contributed by atoms with E-state index in [2.05, 4.69) is 18.2 Å². The molecule has 2 fully saturated rings. The first kappa shape index (κ1) is 13.2. The number of hydrogen-bond acceptors (Lipinski definition) is 2. The molecule has 3 rings (SSSR count). The lowest BCUT2D eigenvalue weighted by molar-refractivity contribution is -0.0322. The maximum atomic E-state index is 10.8. The minimum absolute atomic E-state index is 0.477. The van der Waals surface area contributed by atoms with Crippen LogP contribution in [0.3, 0.4) is 0 Å². The van der Waals surface area contributed by atoms with Gasteiger partial charge in [0.15, 0.2) is 0 Å². The van der Waals surface area contributed by atoms with Gasteiger partial charge in [-0.2, -0.15) is 5.10 Å². The van der Waals surface area contributed by atoms with Gasteiger partial charge in [-0.15, -0.1) is 0 Å². The Morgan fingerprint density at radius 2 is 1.84 bits per heavy atom. The summed E-state index contributed by atoms with van der Waals surface area (Å²) in [6, 6.07) is 0. The van der Waals surface area contributed by atoms with Gasteiger partial charge in [0.2, 0.25) is 0 Å². The van der Waals surface area contributed by atoms with Crippen molar-refractivity contribution in [1.82, 2.24) is 9.78 Å². The van der Waals surface area contributed by atoms with Gasteiger partial charge >= 0.3 is 0 Å². The summed E-state index contributed by atoms with van der Waals surface area (Å²) in [4.78, 5) is 0. The second-order valence-electron chi connectivity index (χ2n) is 6.81. The van der Waals surface area contributed by atoms with E-state index in [1.807, 2.05) is 10.9 Å². The van der Waals surface area contributed by atoms with Crippen molar-refractivity contribution in [3.63, 3.8) is 0 Å². The minimum Gasteiger partial charge on any atom is -0.390 e. The van der Waals surface area contributed by atoms with E-state index in [9.17, 15) is 5.11 Å². The predicted octanol–water partition coefficient (Wildman–Crippen LogP) is 3.31. The molecule has 1 heterocycles. The molecule has 0 unspecified atom stereocenters. The van der Waals surface area contributed by atoms with Gasteiger partial charge in [0.25, 0.3) is 0 Å². The Hall–Kier alpha value is -0.830. The smallest absolute Gasteiger partial charge is 0.0689 e. The summed E-state index contributed by atoms with van der Waals surface area (Å²) in [5.41, 5.74) is 1.31. The van der Waals surface area contributed by atoms with Gasteiger partial charge in [-0.1, -0.05) is 12.8 Å². The second kappa shape index (κ2) is 4.93. The van der Waals surface area contributed by atoms with Crippen LogP contribution in [-0.2, 0) is 13.0 Å². The first-order valence-electron chi connectivity index (χ1n) is 7.87. The molecule has 3 nitrogen and oxygen atoms in total. The van der Waals surface area contributed by atoms with Crippen LogP contribution in [-0.4, -0.2) is 20.5 Å². The molecule has 0 saturated heterocycles. The van der Waals surface area contributed by atoms with Crippen molar-refractivity contribution in [2.45, 2.75) is 76.9 Å². The molecule has 106 valence electrons. The van der Waals surface area contributed by atoms with Crippen molar-refractivity contribution < 1.29 is 5.11 Å². The van der Waals surface area contributed by atoms with E-state index in [0.717, 1.165) is 25.8 Å². The number of rotatable bonds is 3. The van der Waals surface area contributed by atoms with Gasteiger partial charge in [-0.3, -0.25) is 4.68 Å². The van der Waals surface area contributed by atoms with Crippen LogP contribution >= 0.6 is 0 Å². The van der Waals surface area contributed by atoms with E-state index < -0.39 is 5.60 Å². The Labute approximate surface area is 116 Å². The summed E-state index contributed by atoms with van der Waals surface area (Å²) < 4.78 is 1.94. The average Bonchev–Trinajstić information content (AvgIpc) is 3.04. The molecule has 0 aromatic carbocycles. The van der Waals surface area contributed by atoms with Gasteiger partial charge in [0.1, 0.15) is 0 Å². The molecule has 2 saturated carbocycles. The number of aliphatic hydroxyl groups is 1. The summed E-state index contributed by atoms with van der Waals surface area (Å²) in [6.45, 7) is 3.00. The fourth-order valence-corrected chi connectivity index (χ4v) is 4.10. The molecule has 0 bridgehead atoms. The fraction of sp³-hybridized carbons (Fsp3) is 0.812. The molecule has 1 aromatic rings. The first-order valence-corrected chi connectivity index (χ1v) is 7.87. The third-order valence-electron chi connectivity index (χ3n) is 5.45. The van der Waals surface area contributed by atoms with Crippen LogP contribution in [0.5, 0.6) is 0 Å². The van der Waals surface area contributed by atoms with E-state index >= 15 is 0 Å². The SMILES string of the molecule is CCn1cc(CC2(O)CCC3(CCCC3)CC2)cn1. The summed E-state index contributed by atoms with van der Waals surface area (Å²) >= 11 is 0. The summed E-state index contributed by atoms with van der Waals surface area (Å²) in [7, 11) is 0. The Morgan fingerprint density at radius 1 is 1.16 bits per heavy atom. The maximum absolute atomic E-state index is 10.8. The number of nitrogens with zero attached hydrogens (tertiary/aromatic N) is 2. The third-order valence-corrected chi connectivity index (χ3v) is 5.45. The molecular formula is C16H26N2O. The third kappa shape index (κ3) is 2.71. The lowest BCUT2D eigenvalue weighted by atomic mass is 9.66. The van der Waals surface area contributed by atoms with E-state index in [4.69, 9.17) is 0 Å². The second-order valence-corrected chi connectivity index (χ2v) is 6.81. The molecule has 2 aliphatic rings. The van der Waals surface area contributed by atoms with Crippen molar-refractivity contribution in [2.75, 3.05) is 0 Å². The Morgan fingerprint density at radius 3 is 2.42 bits per heavy atom. The van der Waals surface area contributed by atoms with Crippen LogP contribution in [0.25, 0.3) is 0 Å². The highest BCUT2D eigenvalue weighted by Gasteiger charge is 2.42. The van der Waals surface area contributed by atoms with Gasteiger partial charge < -0.3 is 5.11 Å². The predicted molar refractivity (Wildman–Crippen MR) is 75.9 cm³/mol. The first-order chi connectivity index (χ1) is 9.13.